The number of nitrogens with zero attached hydrogens (tertiary/aromatic N) is 4. The highest BCUT2D eigenvalue weighted by Crippen LogP contribution is 2.55. The fourth-order valence-corrected chi connectivity index (χ4v) is 7.44. The predicted molar refractivity (Wildman–Crippen MR) is 147 cm³/mol. The number of nitrogens with one attached hydrogen (secondary N) is 1. The molecule has 6 rings (SSSR count). The highest BCUT2D eigenvalue weighted by molar-refractivity contribution is 8.00. The van der Waals surface area contributed by atoms with Crippen molar-refractivity contribution in [2.45, 2.75) is 48.6 Å². The number of fused-ring (bicyclic) bond motifs is 3. The maximum atomic E-state index is 13.7. The Hall–Kier alpha value is -3.94. The van der Waals surface area contributed by atoms with Crippen molar-refractivity contribution in [2.75, 3.05) is 10.2 Å². The van der Waals surface area contributed by atoms with Crippen LogP contribution in [0, 0.1) is 25.2 Å². The molecule has 3 N–H and O–H groups in total. The first kappa shape index (κ1) is 24.4. The number of allylic oxidation sites excluding steroid dienone is 1. The van der Waals surface area contributed by atoms with Gasteiger partial charge < -0.3 is 11.1 Å². The van der Waals surface area contributed by atoms with Crippen molar-refractivity contribution in [2.24, 2.45) is 5.73 Å². The third-order valence-electron chi connectivity index (χ3n) is 7.21. The molecule has 1 spiro atoms. The predicted octanol–water partition coefficient (Wildman–Crippen LogP) is 4.86. The lowest BCUT2D eigenvalue weighted by molar-refractivity contribution is -0.122. The van der Waals surface area contributed by atoms with Crippen molar-refractivity contribution in [1.82, 2.24) is 10.2 Å². The summed E-state index contributed by atoms with van der Waals surface area (Å²) in [5.74, 6) is 0.264. The summed E-state index contributed by atoms with van der Waals surface area (Å²) in [5.41, 5.74) is 10.6. The van der Waals surface area contributed by atoms with Crippen LogP contribution in [0.2, 0.25) is 0 Å². The van der Waals surface area contributed by atoms with Crippen LogP contribution in [0.3, 0.4) is 0 Å². The van der Waals surface area contributed by atoms with Gasteiger partial charge in [-0.3, -0.25) is 14.5 Å². The molecule has 0 bridgehead atoms. The summed E-state index contributed by atoms with van der Waals surface area (Å²) in [7, 11) is 0. The van der Waals surface area contributed by atoms with E-state index in [0.29, 0.717) is 46.9 Å². The average molecular weight is 541 g/mol. The van der Waals surface area contributed by atoms with Crippen molar-refractivity contribution >= 4 is 45.6 Å². The Labute approximate surface area is 228 Å². The van der Waals surface area contributed by atoms with Gasteiger partial charge in [0.25, 0.3) is 0 Å². The van der Waals surface area contributed by atoms with E-state index >= 15 is 0 Å². The first-order valence-electron chi connectivity index (χ1n) is 12.3. The summed E-state index contributed by atoms with van der Waals surface area (Å²) >= 11 is 2.92. The number of carbonyl (C=O) groups is 2. The molecule has 0 fully saturated rings. The molecule has 190 valence electrons. The number of carbonyl (C=O) groups excluding carboxylic acids is 2. The fourth-order valence-electron chi connectivity index (χ4n) is 5.62. The van der Waals surface area contributed by atoms with Gasteiger partial charge in [-0.05, 0) is 38.3 Å². The first-order chi connectivity index (χ1) is 18.3. The number of aromatic nitrogens is 2. The van der Waals surface area contributed by atoms with Crippen molar-refractivity contribution in [3.8, 4) is 6.07 Å². The van der Waals surface area contributed by atoms with Crippen LogP contribution < -0.4 is 16.0 Å². The Morgan fingerprint density at radius 1 is 1.16 bits per heavy atom. The lowest BCUT2D eigenvalue weighted by Crippen LogP contribution is -2.50. The first-order valence-corrected chi connectivity index (χ1v) is 14.1. The molecular formula is C28H24N6O2S2. The molecule has 1 atom stereocenters. The molecule has 0 unspecified atom stereocenters. The Morgan fingerprint density at radius 2 is 1.97 bits per heavy atom. The second-order valence-corrected chi connectivity index (χ2v) is 11.9. The van der Waals surface area contributed by atoms with Gasteiger partial charge in [-0.2, -0.15) is 5.26 Å². The summed E-state index contributed by atoms with van der Waals surface area (Å²) in [6.07, 6.45) is 1.45. The molecule has 3 aromatic rings. The average Bonchev–Trinajstić information content (AvgIpc) is 3.46. The number of benzene rings is 2. The Morgan fingerprint density at radius 3 is 2.76 bits per heavy atom. The minimum absolute atomic E-state index is 0.0394. The van der Waals surface area contributed by atoms with E-state index in [1.165, 1.54) is 22.5 Å². The number of nitrogens with two attached hydrogens (primary N) is 1. The number of ketones is 1. The van der Waals surface area contributed by atoms with Crippen LogP contribution in [-0.4, -0.2) is 21.9 Å². The summed E-state index contributed by atoms with van der Waals surface area (Å²) in [6.45, 7) is 3.98. The van der Waals surface area contributed by atoms with Gasteiger partial charge in [-0.1, -0.05) is 70.6 Å². The Bertz CT molecular complexity index is 1630. The minimum atomic E-state index is -1.57. The van der Waals surface area contributed by atoms with E-state index < -0.39 is 11.3 Å². The molecule has 1 aliphatic carbocycles. The van der Waals surface area contributed by atoms with Gasteiger partial charge in [0, 0.05) is 34.7 Å². The number of Topliss-reactive ketones (excluding diaryl/α,β-unsaturated/α-hetero) is 1. The quantitative estimate of drug-likeness (QED) is 0.450. The van der Waals surface area contributed by atoms with E-state index in [1.54, 1.807) is 16.7 Å². The van der Waals surface area contributed by atoms with Crippen LogP contribution in [0.15, 0.2) is 69.5 Å². The van der Waals surface area contributed by atoms with E-state index in [1.807, 2.05) is 31.2 Å². The monoisotopic (exact) mass is 540 g/mol. The molecule has 3 aliphatic rings. The van der Waals surface area contributed by atoms with Gasteiger partial charge in [-0.15, -0.1) is 10.2 Å². The zero-order valence-electron chi connectivity index (χ0n) is 20.9. The zero-order chi connectivity index (χ0) is 26.6. The van der Waals surface area contributed by atoms with E-state index in [-0.39, 0.29) is 17.2 Å². The normalized spacial score (nSPS) is 20.5. The van der Waals surface area contributed by atoms with Crippen LogP contribution >= 0.6 is 23.1 Å². The van der Waals surface area contributed by atoms with E-state index in [4.69, 9.17) is 5.73 Å². The van der Waals surface area contributed by atoms with Crippen LogP contribution in [0.25, 0.3) is 0 Å². The number of rotatable bonds is 4. The van der Waals surface area contributed by atoms with Crippen molar-refractivity contribution in [3.63, 3.8) is 0 Å². The number of anilines is 2. The summed E-state index contributed by atoms with van der Waals surface area (Å²) in [5, 5.41) is 22.6. The summed E-state index contributed by atoms with van der Waals surface area (Å²) < 4.78 is 0.747. The summed E-state index contributed by atoms with van der Waals surface area (Å²) in [4.78, 5) is 29.0. The molecule has 2 aliphatic heterocycles. The van der Waals surface area contributed by atoms with Gasteiger partial charge in [0.05, 0.1) is 5.57 Å². The van der Waals surface area contributed by atoms with Crippen LogP contribution in [0.5, 0.6) is 0 Å². The number of aryl methyl sites for hydroxylation is 2. The summed E-state index contributed by atoms with van der Waals surface area (Å²) in [6, 6.07) is 16.1. The van der Waals surface area contributed by atoms with Gasteiger partial charge in [0.1, 0.15) is 17.3 Å². The lowest BCUT2D eigenvalue weighted by atomic mass is 9.64. The molecule has 0 radical (unpaired) electrons. The zero-order valence-corrected chi connectivity index (χ0v) is 22.5. The number of nitriles is 1. The molecule has 10 heteroatoms. The maximum Gasteiger partial charge on any atom is 0.245 e. The number of thioether (sulfide) groups is 1. The molecule has 0 saturated heterocycles. The van der Waals surface area contributed by atoms with Crippen molar-refractivity contribution in [1.29, 1.82) is 5.26 Å². The lowest BCUT2D eigenvalue weighted by Gasteiger charge is -2.42. The maximum absolute atomic E-state index is 13.7. The van der Waals surface area contributed by atoms with Crippen LogP contribution in [0.1, 0.15) is 41.5 Å². The second kappa shape index (κ2) is 9.11. The van der Waals surface area contributed by atoms with Crippen molar-refractivity contribution < 1.29 is 9.59 Å². The van der Waals surface area contributed by atoms with E-state index in [2.05, 4.69) is 46.7 Å². The van der Waals surface area contributed by atoms with Crippen LogP contribution in [-0.2, 0) is 20.8 Å². The number of amides is 1. The number of hydrogen-bond acceptors (Lipinski definition) is 9. The molecule has 1 amide bonds. The topological polar surface area (TPSA) is 125 Å². The highest BCUT2D eigenvalue weighted by Gasteiger charge is 2.60. The van der Waals surface area contributed by atoms with Gasteiger partial charge in [0.15, 0.2) is 10.1 Å². The van der Waals surface area contributed by atoms with Gasteiger partial charge in [-0.25, -0.2) is 0 Å². The molecule has 2 aromatic carbocycles. The molecule has 38 heavy (non-hydrogen) atoms. The fraction of sp³-hybridized carbons (Fsp3) is 0.250. The Kier molecular flexibility index (Phi) is 5.85. The third kappa shape index (κ3) is 3.57. The molecular weight excluding hydrogens is 516 g/mol. The minimum Gasteiger partial charge on any atom is -0.384 e. The van der Waals surface area contributed by atoms with E-state index in [9.17, 15) is 14.9 Å². The number of hydrogen-bond donors (Lipinski definition) is 2. The SMILES string of the molecule is Cc1cccc(CSc2nnc(N3C(N)=C(C#N)[C@]4(C(=O)Nc5ccc(C)cc54)C4=C3CCCC4=O)s2)c1. The highest BCUT2D eigenvalue weighted by atomic mass is 32.2. The van der Waals surface area contributed by atoms with Crippen LogP contribution in [0.4, 0.5) is 10.8 Å². The molecule has 8 nitrogen and oxygen atoms in total. The Balaban J connectivity index is 1.47. The molecule has 0 saturated carbocycles. The van der Waals surface area contributed by atoms with Crippen molar-refractivity contribution in [3.05, 3.63) is 87.4 Å². The molecule has 3 heterocycles. The third-order valence-corrected chi connectivity index (χ3v) is 9.33. The van der Waals surface area contributed by atoms with E-state index in [0.717, 1.165) is 15.7 Å². The standard InChI is InChI=1S/C28H24N6O2S2/c1-15-5-3-6-17(11-15)14-37-27-33-32-26(38-27)34-21-7-4-8-22(35)23(21)28(19(13-29)24(34)30)18-12-16(2)9-10-20(18)31-25(28)36/h3,5-6,9-12H,4,7-8,14,30H2,1-2H3,(H,31,36)/t28-/m0/s1. The molecule has 1 aromatic heterocycles. The smallest absolute Gasteiger partial charge is 0.245 e. The largest absolute Gasteiger partial charge is 0.384 e. The van der Waals surface area contributed by atoms with Gasteiger partial charge in [0.2, 0.25) is 11.0 Å². The second-order valence-electron chi connectivity index (χ2n) is 9.69. The van der Waals surface area contributed by atoms with Gasteiger partial charge >= 0.3 is 0 Å².